The molecule has 1 rings (SSSR count). The van der Waals surface area contributed by atoms with Gasteiger partial charge >= 0.3 is 0 Å². The van der Waals surface area contributed by atoms with E-state index in [1.54, 1.807) is 14.2 Å². The zero-order chi connectivity index (χ0) is 15.7. The monoisotopic (exact) mass is 294 g/mol. The highest BCUT2D eigenvalue weighted by Crippen LogP contribution is 2.27. The molecule has 0 unspecified atom stereocenters. The average Bonchev–Trinajstić information content (AvgIpc) is 2.48. The molecule has 0 aliphatic rings. The summed E-state index contributed by atoms with van der Waals surface area (Å²) in [4.78, 5) is 6.45. The van der Waals surface area contributed by atoms with Crippen LogP contribution in [0.4, 0.5) is 0 Å². The lowest BCUT2D eigenvalue weighted by Gasteiger charge is -2.10. The fraction of sp³-hybridized carbons (Fsp3) is 0.533. The van der Waals surface area contributed by atoms with Crippen LogP contribution in [0.5, 0.6) is 11.5 Å². The van der Waals surface area contributed by atoms with Crippen molar-refractivity contribution < 1.29 is 9.47 Å². The molecule has 1 aromatic rings. The Balaban J connectivity index is 2.47. The first kappa shape index (κ1) is 17.1. The summed E-state index contributed by atoms with van der Waals surface area (Å²) in [5, 5.41) is 3.10. The molecular weight excluding hydrogens is 268 g/mol. The molecule has 0 heterocycles. The molecule has 0 saturated carbocycles. The Labute approximate surface area is 126 Å². The van der Waals surface area contributed by atoms with Crippen molar-refractivity contribution in [1.29, 1.82) is 0 Å². The fourth-order valence-corrected chi connectivity index (χ4v) is 1.82. The van der Waals surface area contributed by atoms with Gasteiger partial charge in [-0.15, -0.1) is 0 Å². The number of aliphatic imine (C=N–C) groups is 1. The SMILES string of the molecule is COc1ccc(CN=C(N)NCCCN(C)C)cc1OC. The molecule has 1 aromatic carbocycles. The molecule has 0 fully saturated rings. The maximum absolute atomic E-state index is 5.83. The Morgan fingerprint density at radius 1 is 1.24 bits per heavy atom. The third kappa shape index (κ3) is 6.35. The summed E-state index contributed by atoms with van der Waals surface area (Å²) in [7, 11) is 7.33. The van der Waals surface area contributed by atoms with Crippen LogP contribution in [0.15, 0.2) is 23.2 Å². The van der Waals surface area contributed by atoms with Crippen molar-refractivity contribution >= 4 is 5.96 Å². The van der Waals surface area contributed by atoms with Crippen LogP contribution in [0.1, 0.15) is 12.0 Å². The smallest absolute Gasteiger partial charge is 0.188 e. The van der Waals surface area contributed by atoms with Crippen LogP contribution in [0, 0.1) is 0 Å². The van der Waals surface area contributed by atoms with Gasteiger partial charge in [0.2, 0.25) is 0 Å². The molecule has 3 N–H and O–H groups in total. The highest BCUT2D eigenvalue weighted by atomic mass is 16.5. The van der Waals surface area contributed by atoms with E-state index in [1.807, 2.05) is 18.2 Å². The number of hydrogen-bond acceptors (Lipinski definition) is 4. The molecular formula is C15H26N4O2. The lowest BCUT2D eigenvalue weighted by Crippen LogP contribution is -2.33. The normalized spacial score (nSPS) is 11.6. The second-order valence-corrected chi connectivity index (χ2v) is 4.97. The summed E-state index contributed by atoms with van der Waals surface area (Å²) in [5.74, 6) is 1.87. The lowest BCUT2D eigenvalue weighted by molar-refractivity contribution is 0.354. The van der Waals surface area contributed by atoms with E-state index in [-0.39, 0.29) is 0 Å². The third-order valence-electron chi connectivity index (χ3n) is 2.97. The molecule has 6 heteroatoms. The van der Waals surface area contributed by atoms with Crippen molar-refractivity contribution in [1.82, 2.24) is 10.2 Å². The quantitative estimate of drug-likeness (QED) is 0.426. The van der Waals surface area contributed by atoms with E-state index in [0.29, 0.717) is 24.0 Å². The highest BCUT2D eigenvalue weighted by molar-refractivity contribution is 5.77. The zero-order valence-corrected chi connectivity index (χ0v) is 13.3. The lowest BCUT2D eigenvalue weighted by atomic mass is 10.2. The summed E-state index contributed by atoms with van der Waals surface area (Å²) in [6.07, 6.45) is 1.03. The standard InChI is InChI=1S/C15H26N4O2/c1-19(2)9-5-8-17-15(16)18-11-12-6-7-13(20-3)14(10-12)21-4/h6-7,10H,5,8-9,11H2,1-4H3,(H3,16,17,18). The predicted molar refractivity (Wildman–Crippen MR) is 86.0 cm³/mol. The number of hydrogen-bond donors (Lipinski definition) is 2. The maximum atomic E-state index is 5.83. The minimum absolute atomic E-state index is 0.462. The van der Waals surface area contributed by atoms with E-state index in [1.165, 1.54) is 0 Å². The van der Waals surface area contributed by atoms with E-state index in [9.17, 15) is 0 Å². The van der Waals surface area contributed by atoms with Crippen molar-refractivity contribution in [3.8, 4) is 11.5 Å². The fourth-order valence-electron chi connectivity index (χ4n) is 1.82. The molecule has 0 aliphatic carbocycles. The summed E-state index contributed by atoms with van der Waals surface area (Å²) in [6, 6.07) is 5.72. The Morgan fingerprint density at radius 2 is 1.95 bits per heavy atom. The van der Waals surface area contributed by atoms with Gasteiger partial charge in [-0.25, -0.2) is 4.99 Å². The molecule has 0 aliphatic heterocycles. The Bertz CT molecular complexity index is 461. The van der Waals surface area contributed by atoms with Gasteiger partial charge in [0.05, 0.1) is 20.8 Å². The van der Waals surface area contributed by atoms with E-state index in [2.05, 4.69) is 29.3 Å². The molecule has 21 heavy (non-hydrogen) atoms. The highest BCUT2D eigenvalue weighted by Gasteiger charge is 2.04. The second kappa shape index (κ2) is 9.07. The Morgan fingerprint density at radius 3 is 2.57 bits per heavy atom. The molecule has 0 spiro atoms. The summed E-state index contributed by atoms with van der Waals surface area (Å²) in [5.41, 5.74) is 6.85. The number of benzene rings is 1. The third-order valence-corrected chi connectivity index (χ3v) is 2.97. The van der Waals surface area contributed by atoms with E-state index < -0.39 is 0 Å². The van der Waals surface area contributed by atoms with Gasteiger partial charge in [0.25, 0.3) is 0 Å². The van der Waals surface area contributed by atoms with E-state index >= 15 is 0 Å². The van der Waals surface area contributed by atoms with Gasteiger partial charge in [0.15, 0.2) is 17.5 Å². The zero-order valence-electron chi connectivity index (χ0n) is 13.3. The molecule has 0 amide bonds. The molecule has 0 aromatic heterocycles. The van der Waals surface area contributed by atoms with Crippen LogP contribution in [-0.2, 0) is 6.54 Å². The van der Waals surface area contributed by atoms with Gasteiger partial charge in [0, 0.05) is 6.54 Å². The summed E-state index contributed by atoms with van der Waals surface area (Å²) in [6.45, 7) is 2.35. The topological polar surface area (TPSA) is 72.1 Å². The molecule has 118 valence electrons. The van der Waals surface area contributed by atoms with Crippen molar-refractivity contribution in [2.45, 2.75) is 13.0 Å². The van der Waals surface area contributed by atoms with E-state index in [4.69, 9.17) is 15.2 Å². The van der Waals surface area contributed by atoms with Crippen LogP contribution < -0.4 is 20.5 Å². The van der Waals surface area contributed by atoms with Crippen LogP contribution >= 0.6 is 0 Å². The minimum atomic E-state index is 0.462. The molecule has 0 radical (unpaired) electrons. The number of rotatable bonds is 8. The first-order valence-corrected chi connectivity index (χ1v) is 6.96. The summed E-state index contributed by atoms with van der Waals surface area (Å²) >= 11 is 0. The van der Waals surface area contributed by atoms with Crippen molar-refractivity contribution in [3.05, 3.63) is 23.8 Å². The second-order valence-electron chi connectivity index (χ2n) is 4.97. The number of nitrogens with zero attached hydrogens (tertiary/aromatic N) is 2. The average molecular weight is 294 g/mol. The minimum Gasteiger partial charge on any atom is -0.493 e. The number of nitrogens with two attached hydrogens (primary N) is 1. The van der Waals surface area contributed by atoms with Crippen LogP contribution in [0.2, 0.25) is 0 Å². The van der Waals surface area contributed by atoms with Gasteiger partial charge in [-0.05, 0) is 44.8 Å². The van der Waals surface area contributed by atoms with Gasteiger partial charge in [-0.3, -0.25) is 0 Å². The van der Waals surface area contributed by atoms with Crippen molar-refractivity contribution in [2.24, 2.45) is 10.7 Å². The largest absolute Gasteiger partial charge is 0.493 e. The van der Waals surface area contributed by atoms with Crippen molar-refractivity contribution in [3.63, 3.8) is 0 Å². The predicted octanol–water partition coefficient (Wildman–Crippen LogP) is 1.06. The van der Waals surface area contributed by atoms with Crippen LogP contribution in [0.3, 0.4) is 0 Å². The first-order chi connectivity index (χ1) is 10.1. The van der Waals surface area contributed by atoms with Gasteiger partial charge in [0.1, 0.15) is 0 Å². The van der Waals surface area contributed by atoms with Crippen molar-refractivity contribution in [2.75, 3.05) is 41.4 Å². The Kier molecular flexibility index (Phi) is 7.39. The van der Waals surface area contributed by atoms with Gasteiger partial charge < -0.3 is 25.4 Å². The number of methoxy groups -OCH3 is 2. The molecule has 0 atom stereocenters. The number of ether oxygens (including phenoxy) is 2. The van der Waals surface area contributed by atoms with Crippen LogP contribution in [-0.4, -0.2) is 52.3 Å². The summed E-state index contributed by atoms with van der Waals surface area (Å²) < 4.78 is 10.5. The molecule has 6 nitrogen and oxygen atoms in total. The van der Waals surface area contributed by atoms with E-state index in [0.717, 1.165) is 25.1 Å². The maximum Gasteiger partial charge on any atom is 0.188 e. The number of nitrogens with one attached hydrogen (secondary N) is 1. The van der Waals surface area contributed by atoms with Gasteiger partial charge in [-0.1, -0.05) is 6.07 Å². The van der Waals surface area contributed by atoms with Gasteiger partial charge in [-0.2, -0.15) is 0 Å². The molecule has 0 bridgehead atoms. The molecule has 0 saturated heterocycles. The Hall–Kier alpha value is -1.95. The van der Waals surface area contributed by atoms with Crippen LogP contribution in [0.25, 0.3) is 0 Å². The number of guanidine groups is 1. The first-order valence-electron chi connectivity index (χ1n) is 6.96.